The Hall–Kier alpha value is -2.45. The van der Waals surface area contributed by atoms with Gasteiger partial charge in [0.25, 0.3) is 5.91 Å². The Kier molecular flexibility index (Phi) is 3.68. The van der Waals surface area contributed by atoms with E-state index in [0.29, 0.717) is 0 Å². The largest absolute Gasteiger partial charge is 0.343 e. The minimum absolute atomic E-state index is 0.0850. The summed E-state index contributed by atoms with van der Waals surface area (Å²) in [6, 6.07) is -0.525. The number of nitrogens with zero attached hydrogens (tertiary/aromatic N) is 2. The Morgan fingerprint density at radius 3 is 2.55 bits per heavy atom. The fraction of sp³-hybridized carbons (Fsp3) is 0.182. The Balaban J connectivity index is 2.26. The number of aromatic nitrogens is 2. The van der Waals surface area contributed by atoms with E-state index in [4.69, 9.17) is 0 Å². The topological polar surface area (TPSA) is 68.0 Å². The average Bonchev–Trinajstić information content (AvgIpc) is 2.94. The number of hydrogen-bond donors (Lipinski definition) is 1. The zero-order valence-corrected chi connectivity index (χ0v) is 9.95. The molecule has 1 amide bonds. The molecule has 0 saturated heterocycles. The van der Waals surface area contributed by atoms with E-state index in [9.17, 15) is 22.4 Å². The van der Waals surface area contributed by atoms with E-state index in [-0.39, 0.29) is 11.9 Å². The molecule has 0 unspecified atom stereocenters. The van der Waals surface area contributed by atoms with Gasteiger partial charge in [-0.05, 0) is 13.0 Å². The Bertz CT molecular complexity index is 646. The molecule has 0 aliphatic rings. The summed E-state index contributed by atoms with van der Waals surface area (Å²) in [6.07, 6.45) is 1.01. The van der Waals surface area contributed by atoms with Gasteiger partial charge < -0.3 is 9.84 Å². The summed E-state index contributed by atoms with van der Waals surface area (Å²) in [4.78, 5) is 15.3. The molecule has 106 valence electrons. The molecule has 0 saturated carbocycles. The van der Waals surface area contributed by atoms with Crippen LogP contribution in [0.4, 0.5) is 17.6 Å². The predicted octanol–water partition coefficient (Wildman–Crippen LogP) is 2.12. The van der Waals surface area contributed by atoms with Crippen LogP contribution in [0.5, 0.6) is 0 Å². The minimum Gasteiger partial charge on any atom is -0.343 e. The zero-order valence-electron chi connectivity index (χ0n) is 9.95. The number of hydrogen-bond acceptors (Lipinski definition) is 4. The molecule has 0 aliphatic heterocycles. The molecule has 20 heavy (non-hydrogen) atoms. The lowest BCUT2D eigenvalue weighted by molar-refractivity contribution is 0.0931. The van der Waals surface area contributed by atoms with Crippen molar-refractivity contribution in [1.82, 2.24) is 15.5 Å². The minimum atomic E-state index is -2.05. The van der Waals surface area contributed by atoms with Crippen LogP contribution in [-0.2, 0) is 0 Å². The second-order valence-corrected chi connectivity index (χ2v) is 3.83. The first kappa shape index (κ1) is 14.0. The van der Waals surface area contributed by atoms with Crippen molar-refractivity contribution in [3.8, 4) is 0 Å². The van der Waals surface area contributed by atoms with Gasteiger partial charge in [-0.1, -0.05) is 5.16 Å². The van der Waals surface area contributed by atoms with Crippen LogP contribution >= 0.6 is 0 Å². The monoisotopic (exact) mass is 289 g/mol. The van der Waals surface area contributed by atoms with Crippen LogP contribution in [-0.4, -0.2) is 16.0 Å². The van der Waals surface area contributed by atoms with Crippen LogP contribution < -0.4 is 5.32 Å². The molecule has 1 N–H and O–H groups in total. The van der Waals surface area contributed by atoms with Crippen molar-refractivity contribution in [2.45, 2.75) is 13.0 Å². The summed E-state index contributed by atoms with van der Waals surface area (Å²) in [5.41, 5.74) is -0.961. The van der Waals surface area contributed by atoms with Crippen molar-refractivity contribution in [1.29, 1.82) is 0 Å². The number of halogens is 4. The second-order valence-electron chi connectivity index (χ2n) is 3.83. The first-order chi connectivity index (χ1) is 9.41. The number of carbonyl (C=O) groups is 1. The lowest BCUT2D eigenvalue weighted by atomic mass is 10.1. The number of carbonyl (C=O) groups excluding carboxylic acids is 1. The first-order valence-corrected chi connectivity index (χ1v) is 5.32. The molecule has 1 heterocycles. The summed E-state index contributed by atoms with van der Waals surface area (Å²) in [6.45, 7) is 1.44. The summed E-state index contributed by atoms with van der Waals surface area (Å²) in [5.74, 6) is -8.53. The van der Waals surface area contributed by atoms with E-state index < -0.39 is 40.8 Å². The SMILES string of the molecule is C[C@H](NC(=O)c1cc(F)c(F)c(F)c1F)c1ncon1. The lowest BCUT2D eigenvalue weighted by Gasteiger charge is -2.11. The standard InChI is InChI=1S/C11H7F4N3O2/c1-4(10-16-3-20-18-10)17-11(19)5-2-6(12)8(14)9(15)7(5)13/h2-4H,1H3,(H,17,19)/t4-/m0/s1. The first-order valence-electron chi connectivity index (χ1n) is 5.32. The highest BCUT2D eigenvalue weighted by atomic mass is 19.2. The summed E-state index contributed by atoms with van der Waals surface area (Å²) in [5, 5.41) is 5.63. The highest BCUT2D eigenvalue weighted by Crippen LogP contribution is 2.19. The van der Waals surface area contributed by atoms with Gasteiger partial charge in [-0.25, -0.2) is 17.6 Å². The average molecular weight is 289 g/mol. The van der Waals surface area contributed by atoms with Crippen LogP contribution in [0.1, 0.15) is 29.1 Å². The highest BCUT2D eigenvalue weighted by Gasteiger charge is 2.24. The second kappa shape index (κ2) is 5.27. The maximum atomic E-state index is 13.4. The fourth-order valence-electron chi connectivity index (χ4n) is 1.45. The van der Waals surface area contributed by atoms with Crippen molar-refractivity contribution in [3.05, 3.63) is 47.1 Å². The van der Waals surface area contributed by atoms with E-state index >= 15 is 0 Å². The van der Waals surface area contributed by atoms with Crippen molar-refractivity contribution in [2.24, 2.45) is 0 Å². The van der Waals surface area contributed by atoms with E-state index in [1.807, 2.05) is 0 Å². The third-order valence-corrected chi connectivity index (χ3v) is 2.46. The summed E-state index contributed by atoms with van der Waals surface area (Å²) in [7, 11) is 0. The molecule has 1 atom stereocenters. The van der Waals surface area contributed by atoms with Crippen LogP contribution in [0.2, 0.25) is 0 Å². The third-order valence-electron chi connectivity index (χ3n) is 2.46. The number of benzene rings is 1. The highest BCUT2D eigenvalue weighted by molar-refractivity contribution is 5.94. The lowest BCUT2D eigenvalue weighted by Crippen LogP contribution is -2.28. The number of amides is 1. The van der Waals surface area contributed by atoms with Gasteiger partial charge in [0.2, 0.25) is 6.39 Å². The van der Waals surface area contributed by atoms with Gasteiger partial charge in [0.05, 0.1) is 11.6 Å². The molecule has 1 aromatic heterocycles. The van der Waals surface area contributed by atoms with Gasteiger partial charge in [0.15, 0.2) is 29.1 Å². The van der Waals surface area contributed by atoms with Gasteiger partial charge in [-0.3, -0.25) is 4.79 Å². The molecular formula is C11H7F4N3O2. The van der Waals surface area contributed by atoms with Crippen LogP contribution in [0.15, 0.2) is 17.0 Å². The molecule has 1 aromatic carbocycles. The van der Waals surface area contributed by atoms with E-state index in [1.54, 1.807) is 0 Å². The van der Waals surface area contributed by atoms with E-state index in [0.717, 1.165) is 6.39 Å². The smallest absolute Gasteiger partial charge is 0.255 e. The molecule has 0 bridgehead atoms. The molecule has 0 fully saturated rings. The van der Waals surface area contributed by atoms with Crippen LogP contribution in [0.25, 0.3) is 0 Å². The molecule has 2 rings (SSSR count). The molecule has 0 radical (unpaired) electrons. The summed E-state index contributed by atoms with van der Waals surface area (Å²) >= 11 is 0. The molecule has 0 spiro atoms. The summed E-state index contributed by atoms with van der Waals surface area (Å²) < 4.78 is 56.6. The van der Waals surface area contributed by atoms with Gasteiger partial charge in [-0.2, -0.15) is 4.98 Å². The van der Waals surface area contributed by atoms with Crippen molar-refractivity contribution in [2.75, 3.05) is 0 Å². The number of rotatable bonds is 3. The molecular weight excluding hydrogens is 282 g/mol. The van der Waals surface area contributed by atoms with Gasteiger partial charge in [0, 0.05) is 0 Å². The normalized spacial score (nSPS) is 12.2. The van der Waals surface area contributed by atoms with Gasteiger partial charge in [-0.15, -0.1) is 0 Å². The third kappa shape index (κ3) is 2.46. The Morgan fingerprint density at radius 1 is 1.25 bits per heavy atom. The van der Waals surface area contributed by atoms with Crippen LogP contribution in [0, 0.1) is 23.3 Å². The Morgan fingerprint density at radius 2 is 1.95 bits per heavy atom. The molecule has 9 heteroatoms. The molecule has 0 aliphatic carbocycles. The van der Waals surface area contributed by atoms with E-state index in [1.165, 1.54) is 6.92 Å². The number of nitrogens with one attached hydrogen (secondary N) is 1. The van der Waals surface area contributed by atoms with Crippen molar-refractivity contribution in [3.63, 3.8) is 0 Å². The predicted molar refractivity (Wildman–Crippen MR) is 56.5 cm³/mol. The van der Waals surface area contributed by atoms with E-state index in [2.05, 4.69) is 20.0 Å². The quantitative estimate of drug-likeness (QED) is 0.534. The zero-order chi connectivity index (χ0) is 14.9. The molecule has 2 aromatic rings. The maximum absolute atomic E-state index is 13.4. The van der Waals surface area contributed by atoms with Crippen LogP contribution in [0.3, 0.4) is 0 Å². The van der Waals surface area contributed by atoms with Gasteiger partial charge >= 0.3 is 0 Å². The van der Waals surface area contributed by atoms with Crippen molar-refractivity contribution >= 4 is 5.91 Å². The Labute approximate surface area is 109 Å². The fourth-order valence-corrected chi connectivity index (χ4v) is 1.45. The van der Waals surface area contributed by atoms with Gasteiger partial charge in [0.1, 0.15) is 0 Å². The molecule has 5 nitrogen and oxygen atoms in total. The van der Waals surface area contributed by atoms with Crippen molar-refractivity contribution < 1.29 is 26.9 Å². The maximum Gasteiger partial charge on any atom is 0.255 e.